The summed E-state index contributed by atoms with van der Waals surface area (Å²) >= 11 is 0. The smallest absolute Gasteiger partial charge is 0.338 e. The Kier molecular flexibility index (Phi) is 6.42. The van der Waals surface area contributed by atoms with Crippen molar-refractivity contribution in [3.63, 3.8) is 0 Å². The lowest BCUT2D eigenvalue weighted by molar-refractivity contribution is -0.132. The van der Waals surface area contributed by atoms with Crippen LogP contribution in [0.2, 0.25) is 0 Å². The van der Waals surface area contributed by atoms with Crippen LogP contribution in [0.3, 0.4) is 0 Å². The van der Waals surface area contributed by atoms with Gasteiger partial charge < -0.3 is 14.4 Å². The number of carbonyl (C=O) groups is 2. The van der Waals surface area contributed by atoms with Crippen LogP contribution in [0, 0.1) is 18.3 Å². The van der Waals surface area contributed by atoms with Gasteiger partial charge in [0, 0.05) is 38.3 Å². The summed E-state index contributed by atoms with van der Waals surface area (Å²) in [4.78, 5) is 28.7. The van der Waals surface area contributed by atoms with Crippen molar-refractivity contribution in [2.45, 2.75) is 26.4 Å². The molecule has 7 nitrogen and oxygen atoms in total. The molecule has 0 bridgehead atoms. The van der Waals surface area contributed by atoms with Crippen molar-refractivity contribution in [1.82, 2.24) is 9.80 Å². The summed E-state index contributed by atoms with van der Waals surface area (Å²) < 4.78 is 10.4. The molecule has 1 amide bonds. The number of hydrogen-bond donors (Lipinski definition) is 0. The molecule has 1 fully saturated rings. The van der Waals surface area contributed by atoms with Crippen LogP contribution in [0.1, 0.15) is 38.2 Å². The van der Waals surface area contributed by atoms with Gasteiger partial charge in [0.05, 0.1) is 24.7 Å². The first-order chi connectivity index (χ1) is 15.5. The van der Waals surface area contributed by atoms with E-state index in [2.05, 4.69) is 17.0 Å². The highest BCUT2D eigenvalue weighted by atomic mass is 16.5. The quantitative estimate of drug-likeness (QED) is 0.651. The largest absolute Gasteiger partial charge is 0.495 e. The molecule has 0 aliphatic carbocycles. The fourth-order valence-corrected chi connectivity index (χ4v) is 4.37. The number of nitrogens with zero attached hydrogens (tertiary/aromatic N) is 3. The number of methoxy groups -OCH3 is 1. The molecule has 2 aliphatic heterocycles. The summed E-state index contributed by atoms with van der Waals surface area (Å²) in [5.41, 5.74) is 5.05. The highest BCUT2D eigenvalue weighted by Crippen LogP contribution is 2.24. The number of carbonyl (C=O) groups excluding carboxylic acids is 2. The molecule has 2 aromatic carbocycles. The van der Waals surface area contributed by atoms with E-state index >= 15 is 0 Å². The van der Waals surface area contributed by atoms with Crippen molar-refractivity contribution in [3.8, 4) is 11.8 Å². The minimum absolute atomic E-state index is 0.0964. The first-order valence-electron chi connectivity index (χ1n) is 10.8. The van der Waals surface area contributed by atoms with E-state index < -0.39 is 0 Å². The zero-order chi connectivity index (χ0) is 22.7. The Bertz CT molecular complexity index is 1080. The molecule has 0 atom stereocenters. The molecule has 2 heterocycles. The molecule has 7 heteroatoms. The Balaban J connectivity index is 1.27. The predicted molar refractivity (Wildman–Crippen MR) is 118 cm³/mol. The van der Waals surface area contributed by atoms with Gasteiger partial charge in [-0.1, -0.05) is 18.2 Å². The molecule has 0 radical (unpaired) electrons. The lowest BCUT2D eigenvalue weighted by Gasteiger charge is -2.35. The highest BCUT2D eigenvalue weighted by molar-refractivity contribution is 5.93. The number of piperazine rings is 1. The van der Waals surface area contributed by atoms with Gasteiger partial charge in [-0.25, -0.2) is 4.79 Å². The van der Waals surface area contributed by atoms with E-state index in [1.165, 1.54) is 12.7 Å². The molecule has 2 aromatic rings. The maximum atomic E-state index is 12.8. The van der Waals surface area contributed by atoms with Crippen LogP contribution < -0.4 is 4.74 Å². The first kappa shape index (κ1) is 21.8. The number of benzene rings is 2. The number of esters is 1. The van der Waals surface area contributed by atoms with Crippen molar-refractivity contribution in [2.75, 3.05) is 39.8 Å². The fourth-order valence-electron chi connectivity index (χ4n) is 4.37. The van der Waals surface area contributed by atoms with Crippen LogP contribution in [0.25, 0.3) is 0 Å². The van der Waals surface area contributed by atoms with Gasteiger partial charge in [0.25, 0.3) is 0 Å². The normalized spacial score (nSPS) is 15.8. The third kappa shape index (κ3) is 4.61. The van der Waals surface area contributed by atoms with Gasteiger partial charge in [-0.3, -0.25) is 9.69 Å². The van der Waals surface area contributed by atoms with Crippen molar-refractivity contribution >= 4 is 11.9 Å². The fraction of sp³-hybridized carbons (Fsp3) is 0.400. The number of hydrogen-bond acceptors (Lipinski definition) is 6. The number of nitriles is 1. The standard InChI is InChI=1S/C25H27N3O4/c1-17-11-19(13-23(31-2)22(17)15-26)14-24(29)28-9-7-27(8-10-28)6-5-18-3-4-21-20(12-18)16-32-25(21)30/h3-4,11-13H,5-10,14,16H2,1-2H3. The van der Waals surface area contributed by atoms with Crippen LogP contribution in [-0.4, -0.2) is 61.5 Å². The van der Waals surface area contributed by atoms with Crippen molar-refractivity contribution < 1.29 is 19.1 Å². The third-order valence-corrected chi connectivity index (χ3v) is 6.24. The molecule has 0 saturated carbocycles. The summed E-state index contributed by atoms with van der Waals surface area (Å²) in [6, 6.07) is 11.8. The van der Waals surface area contributed by atoms with Gasteiger partial charge in [-0.05, 0) is 42.2 Å². The molecule has 166 valence electrons. The lowest BCUT2D eigenvalue weighted by atomic mass is 10.0. The molecule has 1 saturated heterocycles. The van der Waals surface area contributed by atoms with Crippen LogP contribution in [0.15, 0.2) is 30.3 Å². The van der Waals surface area contributed by atoms with Crippen LogP contribution >= 0.6 is 0 Å². The van der Waals surface area contributed by atoms with Gasteiger partial charge in [0.1, 0.15) is 18.4 Å². The average Bonchev–Trinajstić information content (AvgIpc) is 3.17. The summed E-state index contributed by atoms with van der Waals surface area (Å²) in [7, 11) is 1.54. The number of ether oxygens (including phenoxy) is 2. The van der Waals surface area contributed by atoms with Crippen molar-refractivity contribution in [3.05, 3.63) is 63.7 Å². The Hall–Kier alpha value is -3.37. The van der Waals surface area contributed by atoms with Crippen molar-refractivity contribution in [2.24, 2.45) is 0 Å². The lowest BCUT2D eigenvalue weighted by Crippen LogP contribution is -2.49. The molecular weight excluding hydrogens is 406 g/mol. The molecule has 0 spiro atoms. The second-order valence-corrected chi connectivity index (χ2v) is 8.32. The number of fused-ring (bicyclic) bond motifs is 1. The van der Waals surface area contributed by atoms with Gasteiger partial charge in [-0.15, -0.1) is 0 Å². The number of aryl methyl sites for hydroxylation is 1. The van der Waals surface area contributed by atoms with Gasteiger partial charge in [0.2, 0.25) is 5.91 Å². The van der Waals surface area contributed by atoms with Crippen LogP contribution in [0.4, 0.5) is 0 Å². The zero-order valence-electron chi connectivity index (χ0n) is 18.5. The van der Waals surface area contributed by atoms with E-state index in [0.717, 1.165) is 42.7 Å². The minimum atomic E-state index is -0.234. The number of amides is 1. The Labute approximate surface area is 188 Å². The van der Waals surface area contributed by atoms with E-state index in [9.17, 15) is 14.9 Å². The number of rotatable bonds is 6. The Morgan fingerprint density at radius 3 is 2.66 bits per heavy atom. The molecular formula is C25H27N3O4. The predicted octanol–water partition coefficient (Wildman–Crippen LogP) is 2.48. The molecule has 32 heavy (non-hydrogen) atoms. The van der Waals surface area contributed by atoms with Gasteiger partial charge in [-0.2, -0.15) is 5.26 Å². The number of cyclic esters (lactones) is 1. The Morgan fingerprint density at radius 2 is 1.94 bits per heavy atom. The van der Waals surface area contributed by atoms with E-state index in [1.54, 1.807) is 6.07 Å². The monoisotopic (exact) mass is 433 g/mol. The zero-order valence-corrected chi connectivity index (χ0v) is 18.5. The third-order valence-electron chi connectivity index (χ3n) is 6.24. The van der Waals surface area contributed by atoms with Gasteiger partial charge in [0.15, 0.2) is 0 Å². The second kappa shape index (κ2) is 9.41. The summed E-state index contributed by atoms with van der Waals surface area (Å²) in [6.07, 6.45) is 1.21. The Morgan fingerprint density at radius 1 is 1.16 bits per heavy atom. The average molecular weight is 434 g/mol. The maximum Gasteiger partial charge on any atom is 0.338 e. The maximum absolute atomic E-state index is 12.8. The first-order valence-corrected chi connectivity index (χ1v) is 10.8. The van der Waals surface area contributed by atoms with E-state index in [4.69, 9.17) is 9.47 Å². The molecule has 0 unspecified atom stereocenters. The highest BCUT2D eigenvalue weighted by Gasteiger charge is 2.23. The van der Waals surface area contributed by atoms with Crippen molar-refractivity contribution in [1.29, 1.82) is 5.26 Å². The van der Waals surface area contributed by atoms with Crippen LogP contribution in [0.5, 0.6) is 5.75 Å². The second-order valence-electron chi connectivity index (χ2n) is 8.32. The van der Waals surface area contributed by atoms with Gasteiger partial charge >= 0.3 is 5.97 Å². The molecule has 0 N–H and O–H groups in total. The van der Waals surface area contributed by atoms with E-state index in [0.29, 0.717) is 43.0 Å². The summed E-state index contributed by atoms with van der Waals surface area (Å²) in [5.74, 6) is 0.378. The topological polar surface area (TPSA) is 82.9 Å². The molecule has 2 aliphatic rings. The van der Waals surface area contributed by atoms with Crippen LogP contribution in [-0.2, 0) is 29.0 Å². The SMILES string of the molecule is COc1cc(CC(=O)N2CCN(CCc3ccc4c(c3)COC4=O)CC2)cc(C)c1C#N. The summed E-state index contributed by atoms with van der Waals surface area (Å²) in [6.45, 7) is 6.24. The van der Waals surface area contributed by atoms with E-state index in [-0.39, 0.29) is 11.9 Å². The summed E-state index contributed by atoms with van der Waals surface area (Å²) in [5, 5.41) is 9.27. The van der Waals surface area contributed by atoms with E-state index in [1.807, 2.05) is 30.0 Å². The minimum Gasteiger partial charge on any atom is -0.495 e. The molecule has 0 aromatic heterocycles. The molecule has 4 rings (SSSR count).